The summed E-state index contributed by atoms with van der Waals surface area (Å²) in [4.78, 5) is 0. The molecule has 90 valence electrons. The zero-order valence-corrected chi connectivity index (χ0v) is 10.7. The van der Waals surface area contributed by atoms with Crippen LogP contribution in [0.5, 0.6) is 11.5 Å². The van der Waals surface area contributed by atoms with Crippen molar-refractivity contribution >= 4 is 15.9 Å². The minimum atomic E-state index is -0.622. The molecule has 0 radical (unpaired) electrons. The highest BCUT2D eigenvalue weighted by atomic mass is 79.9. The molecule has 3 N–H and O–H groups in total. The Labute approximate surface area is 103 Å². The van der Waals surface area contributed by atoms with Gasteiger partial charge < -0.3 is 15.6 Å². The molecule has 0 atom stereocenters. The molecule has 0 heterocycles. The first kappa shape index (κ1) is 13.3. The van der Waals surface area contributed by atoms with Crippen LogP contribution in [-0.2, 0) is 6.42 Å². The number of ether oxygens (including phenoxy) is 1. The second-order valence-corrected chi connectivity index (χ2v) is 4.30. The van der Waals surface area contributed by atoms with Gasteiger partial charge in [-0.15, -0.1) is 0 Å². The Morgan fingerprint density at radius 2 is 2.19 bits per heavy atom. The average Bonchev–Trinajstić information content (AvgIpc) is 2.28. The Morgan fingerprint density at radius 1 is 1.50 bits per heavy atom. The molecule has 1 aromatic rings. The van der Waals surface area contributed by atoms with Gasteiger partial charge >= 0.3 is 0 Å². The van der Waals surface area contributed by atoms with Crippen molar-refractivity contribution in [1.29, 1.82) is 0 Å². The van der Waals surface area contributed by atoms with Crippen LogP contribution in [-0.4, -0.2) is 18.8 Å². The quantitative estimate of drug-likeness (QED) is 0.820. The van der Waals surface area contributed by atoms with Crippen LogP contribution in [0.25, 0.3) is 0 Å². The molecule has 1 rings (SSSR count). The van der Waals surface area contributed by atoms with E-state index in [1.807, 2.05) is 0 Å². The summed E-state index contributed by atoms with van der Waals surface area (Å²) >= 11 is 3.26. The lowest BCUT2D eigenvalue weighted by Gasteiger charge is -2.11. The summed E-state index contributed by atoms with van der Waals surface area (Å²) in [5.74, 6) is -0.927. The van der Waals surface area contributed by atoms with Crippen LogP contribution in [0.1, 0.15) is 18.4 Å². The minimum absolute atomic E-state index is 0.131. The van der Waals surface area contributed by atoms with Gasteiger partial charge in [-0.1, -0.05) is 15.9 Å². The summed E-state index contributed by atoms with van der Waals surface area (Å²) in [6.45, 7) is 0.585. The number of rotatable bonds is 5. The smallest absolute Gasteiger partial charge is 0.194 e. The van der Waals surface area contributed by atoms with Crippen molar-refractivity contribution in [3.05, 3.63) is 21.9 Å². The van der Waals surface area contributed by atoms with E-state index in [-0.39, 0.29) is 5.75 Å². The van der Waals surface area contributed by atoms with Crippen LogP contribution < -0.4 is 10.5 Å². The Bertz CT molecular complexity index is 371. The SMILES string of the molecule is COc1cc(Br)c(CCCCN)c(F)c1O. The first-order valence-corrected chi connectivity index (χ1v) is 5.85. The molecule has 0 aliphatic carbocycles. The van der Waals surface area contributed by atoms with E-state index in [1.54, 1.807) is 6.07 Å². The van der Waals surface area contributed by atoms with E-state index in [1.165, 1.54) is 7.11 Å². The molecule has 5 heteroatoms. The van der Waals surface area contributed by atoms with Crippen molar-refractivity contribution in [2.45, 2.75) is 19.3 Å². The summed E-state index contributed by atoms with van der Waals surface area (Å²) in [6, 6.07) is 1.57. The number of hydrogen-bond acceptors (Lipinski definition) is 3. The molecule has 0 amide bonds. The lowest BCUT2D eigenvalue weighted by Crippen LogP contribution is -2.01. The van der Waals surface area contributed by atoms with Gasteiger partial charge in [0, 0.05) is 10.0 Å². The third-order valence-corrected chi connectivity index (χ3v) is 3.06. The van der Waals surface area contributed by atoms with Gasteiger partial charge in [-0.05, 0) is 31.9 Å². The minimum Gasteiger partial charge on any atom is -0.502 e. The van der Waals surface area contributed by atoms with Crippen LogP contribution in [0.3, 0.4) is 0 Å². The normalized spacial score (nSPS) is 10.5. The summed E-state index contributed by atoms with van der Waals surface area (Å²) in [7, 11) is 1.38. The predicted octanol–water partition coefficient (Wildman–Crippen LogP) is 2.58. The summed E-state index contributed by atoms with van der Waals surface area (Å²) in [5.41, 5.74) is 5.83. The second-order valence-electron chi connectivity index (χ2n) is 3.45. The molecule has 16 heavy (non-hydrogen) atoms. The number of hydrogen-bond donors (Lipinski definition) is 2. The molecule has 0 saturated carbocycles. The molecule has 0 aliphatic heterocycles. The molecule has 0 aliphatic rings. The Kier molecular flexibility index (Phi) is 5.02. The molecule has 0 aromatic heterocycles. The van der Waals surface area contributed by atoms with Crippen molar-refractivity contribution < 1.29 is 14.2 Å². The highest BCUT2D eigenvalue weighted by molar-refractivity contribution is 9.10. The van der Waals surface area contributed by atoms with Crippen LogP contribution in [0.4, 0.5) is 4.39 Å². The highest BCUT2D eigenvalue weighted by Crippen LogP contribution is 2.36. The number of phenols is 1. The van der Waals surface area contributed by atoms with Gasteiger partial charge in [0.05, 0.1) is 7.11 Å². The van der Waals surface area contributed by atoms with Crippen molar-refractivity contribution in [3.8, 4) is 11.5 Å². The van der Waals surface area contributed by atoms with Gasteiger partial charge in [0.25, 0.3) is 0 Å². The number of nitrogens with two attached hydrogens (primary N) is 1. The number of halogens is 2. The van der Waals surface area contributed by atoms with E-state index in [0.717, 1.165) is 12.8 Å². The van der Waals surface area contributed by atoms with E-state index in [4.69, 9.17) is 10.5 Å². The van der Waals surface area contributed by atoms with Crippen LogP contribution >= 0.6 is 15.9 Å². The highest BCUT2D eigenvalue weighted by Gasteiger charge is 2.16. The van der Waals surface area contributed by atoms with Crippen LogP contribution in [0.15, 0.2) is 10.5 Å². The topological polar surface area (TPSA) is 55.5 Å². The molecule has 1 aromatic carbocycles. The van der Waals surface area contributed by atoms with E-state index in [2.05, 4.69) is 15.9 Å². The Balaban J connectivity index is 2.96. The number of benzene rings is 1. The number of methoxy groups -OCH3 is 1. The first-order valence-electron chi connectivity index (χ1n) is 5.05. The fraction of sp³-hybridized carbons (Fsp3) is 0.455. The van der Waals surface area contributed by atoms with Gasteiger partial charge in [-0.3, -0.25) is 0 Å². The zero-order valence-electron chi connectivity index (χ0n) is 9.09. The van der Waals surface area contributed by atoms with Crippen LogP contribution in [0, 0.1) is 5.82 Å². The molecular formula is C11H15BrFNO2. The van der Waals surface area contributed by atoms with E-state index >= 15 is 0 Å². The maximum Gasteiger partial charge on any atom is 0.194 e. The molecule has 0 bridgehead atoms. The Hall–Kier alpha value is -0.810. The molecular weight excluding hydrogens is 277 g/mol. The maximum atomic E-state index is 13.7. The van der Waals surface area contributed by atoms with E-state index in [0.29, 0.717) is 23.0 Å². The van der Waals surface area contributed by atoms with Gasteiger partial charge in [0.2, 0.25) is 0 Å². The summed E-state index contributed by atoms with van der Waals surface area (Å²) < 4.78 is 19.2. The second kappa shape index (κ2) is 6.06. The first-order chi connectivity index (χ1) is 7.61. The van der Waals surface area contributed by atoms with Gasteiger partial charge in [0.15, 0.2) is 17.3 Å². The Morgan fingerprint density at radius 3 is 2.75 bits per heavy atom. The zero-order chi connectivity index (χ0) is 12.1. The lowest BCUT2D eigenvalue weighted by atomic mass is 10.1. The van der Waals surface area contributed by atoms with Crippen LogP contribution in [0.2, 0.25) is 0 Å². The van der Waals surface area contributed by atoms with Gasteiger partial charge in [-0.2, -0.15) is 0 Å². The van der Waals surface area contributed by atoms with E-state index in [9.17, 15) is 9.50 Å². The maximum absolute atomic E-state index is 13.7. The summed E-state index contributed by atoms with van der Waals surface area (Å²) in [6.07, 6.45) is 2.16. The molecule has 3 nitrogen and oxygen atoms in total. The largest absolute Gasteiger partial charge is 0.502 e. The molecule has 0 fully saturated rings. The van der Waals surface area contributed by atoms with Gasteiger partial charge in [-0.25, -0.2) is 4.39 Å². The third kappa shape index (κ3) is 2.86. The standard InChI is InChI=1S/C11H15BrFNO2/c1-16-9-6-8(12)7(4-2-3-5-14)10(13)11(9)15/h6,15H,2-5,14H2,1H3. The fourth-order valence-corrected chi connectivity index (χ4v) is 2.04. The van der Waals surface area contributed by atoms with Crippen molar-refractivity contribution in [2.75, 3.05) is 13.7 Å². The van der Waals surface area contributed by atoms with E-state index < -0.39 is 11.6 Å². The monoisotopic (exact) mass is 291 g/mol. The average molecular weight is 292 g/mol. The summed E-state index contributed by atoms with van der Waals surface area (Å²) in [5, 5.41) is 9.51. The number of unbranched alkanes of at least 4 members (excludes halogenated alkanes) is 1. The van der Waals surface area contributed by atoms with Gasteiger partial charge in [0.1, 0.15) is 0 Å². The number of aromatic hydroxyl groups is 1. The number of phenolic OH excluding ortho intramolecular Hbond substituents is 1. The molecule has 0 saturated heterocycles. The molecule has 0 unspecified atom stereocenters. The lowest BCUT2D eigenvalue weighted by molar-refractivity contribution is 0.354. The van der Waals surface area contributed by atoms with Crippen molar-refractivity contribution in [2.24, 2.45) is 5.73 Å². The van der Waals surface area contributed by atoms with Crippen molar-refractivity contribution in [1.82, 2.24) is 0 Å². The predicted molar refractivity (Wildman–Crippen MR) is 64.3 cm³/mol. The van der Waals surface area contributed by atoms with Crippen molar-refractivity contribution in [3.63, 3.8) is 0 Å². The molecule has 0 spiro atoms. The third-order valence-electron chi connectivity index (χ3n) is 2.35. The fourth-order valence-electron chi connectivity index (χ4n) is 1.46.